The highest BCUT2D eigenvalue weighted by atomic mass is 16.5. The van der Waals surface area contributed by atoms with Gasteiger partial charge in [-0.2, -0.15) is 0 Å². The molecule has 0 fully saturated rings. The molecule has 0 aromatic heterocycles. The number of rotatable bonds is 5. The highest BCUT2D eigenvalue weighted by Crippen LogP contribution is 2.11. The van der Waals surface area contributed by atoms with Crippen molar-refractivity contribution in [2.45, 2.75) is 6.54 Å². The first-order chi connectivity index (χ1) is 10.1. The Morgan fingerprint density at radius 1 is 1.10 bits per heavy atom. The first kappa shape index (κ1) is 14.6. The highest BCUT2D eigenvalue weighted by Gasteiger charge is 2.06. The number of primary amides is 1. The molecular weight excluding hydrogens is 268 g/mol. The molecule has 0 unspecified atom stereocenters. The summed E-state index contributed by atoms with van der Waals surface area (Å²) in [6.07, 6.45) is 0. The number of hydrogen-bond acceptors (Lipinski definition) is 3. The second kappa shape index (κ2) is 6.56. The van der Waals surface area contributed by atoms with Gasteiger partial charge in [0.05, 0.1) is 7.11 Å². The van der Waals surface area contributed by atoms with Crippen LogP contribution in [0.5, 0.6) is 5.75 Å². The Labute approximate surface area is 122 Å². The molecule has 2 aromatic rings. The van der Waals surface area contributed by atoms with Crippen molar-refractivity contribution in [3.05, 3.63) is 65.2 Å². The molecule has 2 aromatic carbocycles. The predicted molar refractivity (Wildman–Crippen MR) is 79.1 cm³/mol. The lowest BCUT2D eigenvalue weighted by Crippen LogP contribution is -2.23. The van der Waals surface area contributed by atoms with E-state index in [1.807, 2.05) is 6.07 Å². The number of benzene rings is 2. The molecule has 0 spiro atoms. The summed E-state index contributed by atoms with van der Waals surface area (Å²) in [4.78, 5) is 23.1. The van der Waals surface area contributed by atoms with Crippen LogP contribution >= 0.6 is 0 Å². The Balaban J connectivity index is 2.00. The Hall–Kier alpha value is -2.82. The topological polar surface area (TPSA) is 81.4 Å². The first-order valence-corrected chi connectivity index (χ1v) is 6.41. The Bertz CT molecular complexity index is 651. The molecule has 0 bridgehead atoms. The van der Waals surface area contributed by atoms with Crippen LogP contribution in [0.2, 0.25) is 0 Å². The fourth-order valence-electron chi connectivity index (χ4n) is 1.86. The first-order valence-electron chi connectivity index (χ1n) is 6.41. The molecule has 0 aliphatic carbocycles. The van der Waals surface area contributed by atoms with Gasteiger partial charge in [-0.1, -0.05) is 12.1 Å². The number of methoxy groups -OCH3 is 1. The maximum absolute atomic E-state index is 12.0. The van der Waals surface area contributed by atoms with Crippen LogP contribution < -0.4 is 15.8 Å². The molecule has 2 rings (SSSR count). The number of carbonyl (C=O) groups is 2. The van der Waals surface area contributed by atoms with Crippen LogP contribution in [-0.4, -0.2) is 18.9 Å². The third kappa shape index (κ3) is 3.82. The van der Waals surface area contributed by atoms with Gasteiger partial charge in [0, 0.05) is 17.7 Å². The smallest absolute Gasteiger partial charge is 0.251 e. The summed E-state index contributed by atoms with van der Waals surface area (Å²) >= 11 is 0. The lowest BCUT2D eigenvalue weighted by molar-refractivity contribution is 0.0950. The van der Waals surface area contributed by atoms with E-state index in [-0.39, 0.29) is 5.91 Å². The van der Waals surface area contributed by atoms with E-state index in [9.17, 15) is 9.59 Å². The van der Waals surface area contributed by atoms with E-state index < -0.39 is 5.91 Å². The van der Waals surface area contributed by atoms with Crippen molar-refractivity contribution >= 4 is 11.8 Å². The predicted octanol–water partition coefficient (Wildman–Crippen LogP) is 1.72. The maximum Gasteiger partial charge on any atom is 0.251 e. The van der Waals surface area contributed by atoms with Crippen molar-refractivity contribution in [2.24, 2.45) is 5.73 Å². The molecule has 0 atom stereocenters. The summed E-state index contributed by atoms with van der Waals surface area (Å²) in [5.74, 6) is 0.0150. The van der Waals surface area contributed by atoms with E-state index in [1.165, 1.54) is 0 Å². The van der Waals surface area contributed by atoms with E-state index in [4.69, 9.17) is 10.5 Å². The Kier molecular flexibility index (Phi) is 4.56. The van der Waals surface area contributed by atoms with Crippen LogP contribution in [0.25, 0.3) is 0 Å². The minimum absolute atomic E-state index is 0.192. The van der Waals surface area contributed by atoms with E-state index in [0.717, 1.165) is 5.56 Å². The molecule has 0 radical (unpaired) electrons. The molecule has 2 amide bonds. The van der Waals surface area contributed by atoms with Gasteiger partial charge in [0.25, 0.3) is 5.91 Å². The molecule has 0 saturated carbocycles. The number of nitrogens with one attached hydrogen (secondary N) is 1. The van der Waals surface area contributed by atoms with Crippen molar-refractivity contribution < 1.29 is 14.3 Å². The van der Waals surface area contributed by atoms with Crippen LogP contribution in [0.4, 0.5) is 0 Å². The molecule has 3 N–H and O–H groups in total. The van der Waals surface area contributed by atoms with Crippen molar-refractivity contribution in [3.63, 3.8) is 0 Å². The second-order valence-electron chi connectivity index (χ2n) is 4.48. The number of nitrogens with two attached hydrogens (primary N) is 1. The molecule has 5 nitrogen and oxygen atoms in total. The minimum Gasteiger partial charge on any atom is -0.497 e. The normalized spacial score (nSPS) is 9.95. The zero-order valence-electron chi connectivity index (χ0n) is 11.6. The molecule has 5 heteroatoms. The monoisotopic (exact) mass is 284 g/mol. The highest BCUT2D eigenvalue weighted by molar-refractivity contribution is 5.94. The van der Waals surface area contributed by atoms with E-state index >= 15 is 0 Å². The molecule has 21 heavy (non-hydrogen) atoms. The SMILES string of the molecule is COc1ccc(C(=O)NCc2cccc(C(N)=O)c2)cc1. The van der Waals surface area contributed by atoms with Crippen molar-refractivity contribution in [1.82, 2.24) is 5.32 Å². The molecule has 0 aliphatic rings. The summed E-state index contributed by atoms with van der Waals surface area (Å²) in [5, 5.41) is 2.79. The van der Waals surface area contributed by atoms with Crippen molar-refractivity contribution in [2.75, 3.05) is 7.11 Å². The summed E-state index contributed by atoms with van der Waals surface area (Å²) in [6.45, 7) is 0.325. The van der Waals surface area contributed by atoms with Crippen LogP contribution in [0.15, 0.2) is 48.5 Å². The van der Waals surface area contributed by atoms with Crippen LogP contribution in [0.1, 0.15) is 26.3 Å². The fourth-order valence-corrected chi connectivity index (χ4v) is 1.86. The Morgan fingerprint density at radius 3 is 2.43 bits per heavy atom. The average Bonchev–Trinajstić information content (AvgIpc) is 2.53. The molecule has 0 saturated heterocycles. The summed E-state index contributed by atoms with van der Waals surface area (Å²) < 4.78 is 5.04. The van der Waals surface area contributed by atoms with E-state index in [2.05, 4.69) is 5.32 Å². The second-order valence-corrected chi connectivity index (χ2v) is 4.48. The summed E-state index contributed by atoms with van der Waals surface area (Å²) in [6, 6.07) is 13.7. The molecule has 0 heterocycles. The third-order valence-corrected chi connectivity index (χ3v) is 3.02. The minimum atomic E-state index is -0.488. The van der Waals surface area contributed by atoms with Gasteiger partial charge < -0.3 is 15.8 Å². The zero-order valence-corrected chi connectivity index (χ0v) is 11.6. The van der Waals surface area contributed by atoms with E-state index in [0.29, 0.717) is 23.4 Å². The van der Waals surface area contributed by atoms with Crippen molar-refractivity contribution in [3.8, 4) is 5.75 Å². The average molecular weight is 284 g/mol. The number of carbonyl (C=O) groups excluding carboxylic acids is 2. The van der Waals surface area contributed by atoms with Gasteiger partial charge in [-0.05, 0) is 42.0 Å². The maximum atomic E-state index is 12.0. The summed E-state index contributed by atoms with van der Waals surface area (Å²) in [5.41, 5.74) is 7.00. The van der Waals surface area contributed by atoms with Crippen LogP contribution in [0, 0.1) is 0 Å². The van der Waals surface area contributed by atoms with Gasteiger partial charge in [-0.15, -0.1) is 0 Å². The van der Waals surface area contributed by atoms with Crippen LogP contribution in [0.3, 0.4) is 0 Å². The molecule has 108 valence electrons. The Morgan fingerprint density at radius 2 is 1.81 bits per heavy atom. The van der Waals surface area contributed by atoms with Gasteiger partial charge in [0.15, 0.2) is 0 Å². The number of ether oxygens (including phenoxy) is 1. The molecule has 0 aliphatic heterocycles. The van der Waals surface area contributed by atoms with Gasteiger partial charge in [0.1, 0.15) is 5.75 Å². The van der Waals surface area contributed by atoms with Gasteiger partial charge in [-0.25, -0.2) is 0 Å². The van der Waals surface area contributed by atoms with Crippen molar-refractivity contribution in [1.29, 1.82) is 0 Å². The van der Waals surface area contributed by atoms with Crippen LogP contribution in [-0.2, 0) is 6.54 Å². The van der Waals surface area contributed by atoms with Gasteiger partial charge in [-0.3, -0.25) is 9.59 Å². The third-order valence-electron chi connectivity index (χ3n) is 3.02. The van der Waals surface area contributed by atoms with E-state index in [1.54, 1.807) is 49.6 Å². The van der Waals surface area contributed by atoms with Gasteiger partial charge >= 0.3 is 0 Å². The number of amides is 2. The lowest BCUT2D eigenvalue weighted by atomic mass is 10.1. The van der Waals surface area contributed by atoms with Gasteiger partial charge in [0.2, 0.25) is 5.91 Å². The largest absolute Gasteiger partial charge is 0.497 e. The lowest BCUT2D eigenvalue weighted by Gasteiger charge is -2.07. The number of hydrogen-bond donors (Lipinski definition) is 2. The standard InChI is InChI=1S/C16H16N2O3/c1-21-14-7-5-12(6-8-14)16(20)18-10-11-3-2-4-13(9-11)15(17)19/h2-9H,10H2,1H3,(H2,17,19)(H,18,20). The zero-order chi connectivity index (χ0) is 15.2. The summed E-state index contributed by atoms with van der Waals surface area (Å²) in [7, 11) is 1.57. The fraction of sp³-hybridized carbons (Fsp3) is 0.125. The quantitative estimate of drug-likeness (QED) is 0.877. The molecular formula is C16H16N2O3.